The van der Waals surface area contributed by atoms with E-state index in [-0.39, 0.29) is 0 Å². The third-order valence-electron chi connectivity index (χ3n) is 3.28. The molecule has 19 heavy (non-hydrogen) atoms. The largest absolute Gasteiger partial charge is 0.478 e. The molecule has 0 fully saturated rings. The number of anilines is 2. The minimum atomic E-state index is -0.895. The molecule has 0 heterocycles. The molecule has 0 aliphatic rings. The van der Waals surface area contributed by atoms with E-state index in [0.717, 1.165) is 16.9 Å². The smallest absolute Gasteiger partial charge is 0.335 e. The molecule has 0 aliphatic carbocycles. The summed E-state index contributed by atoms with van der Waals surface area (Å²) < 4.78 is 0. The minimum Gasteiger partial charge on any atom is -0.478 e. The Bertz CT molecular complexity index is 620. The van der Waals surface area contributed by atoms with Gasteiger partial charge in [-0.3, -0.25) is 0 Å². The maximum atomic E-state index is 10.9. The van der Waals surface area contributed by atoms with E-state index in [1.54, 1.807) is 12.1 Å². The summed E-state index contributed by atoms with van der Waals surface area (Å²) in [6.07, 6.45) is 0. The Morgan fingerprint density at radius 3 is 2.21 bits per heavy atom. The molecule has 1 N–H and O–H groups in total. The maximum absolute atomic E-state index is 10.9. The van der Waals surface area contributed by atoms with Gasteiger partial charge in [0.05, 0.1) is 5.56 Å². The van der Waals surface area contributed by atoms with Crippen LogP contribution >= 0.6 is 0 Å². The molecule has 3 heteroatoms. The number of nitrogens with zero attached hydrogens (tertiary/aromatic N) is 1. The molecule has 98 valence electrons. The van der Waals surface area contributed by atoms with Crippen LogP contribution in [0.1, 0.15) is 21.5 Å². The fourth-order valence-corrected chi connectivity index (χ4v) is 2.23. The zero-order chi connectivity index (χ0) is 14.0. The van der Waals surface area contributed by atoms with Crippen molar-refractivity contribution >= 4 is 17.3 Å². The topological polar surface area (TPSA) is 40.5 Å². The van der Waals surface area contributed by atoms with Crippen LogP contribution in [0.3, 0.4) is 0 Å². The third kappa shape index (κ3) is 2.60. The van der Waals surface area contributed by atoms with Gasteiger partial charge in [0.15, 0.2) is 0 Å². The molecule has 0 saturated carbocycles. The first kappa shape index (κ1) is 13.1. The second-order valence-electron chi connectivity index (χ2n) is 4.65. The molecule has 2 aromatic carbocycles. The van der Waals surface area contributed by atoms with Crippen LogP contribution in [-0.4, -0.2) is 18.1 Å². The van der Waals surface area contributed by atoms with Gasteiger partial charge >= 0.3 is 5.97 Å². The van der Waals surface area contributed by atoms with Gasteiger partial charge in [0, 0.05) is 18.4 Å². The Morgan fingerprint density at radius 1 is 1.00 bits per heavy atom. The van der Waals surface area contributed by atoms with Gasteiger partial charge < -0.3 is 10.0 Å². The van der Waals surface area contributed by atoms with Crippen LogP contribution < -0.4 is 4.90 Å². The Labute approximate surface area is 113 Å². The molecule has 3 nitrogen and oxygen atoms in total. The molecule has 2 aromatic rings. The highest BCUT2D eigenvalue weighted by molar-refractivity contribution is 5.89. The molecule has 2 rings (SSSR count). The van der Waals surface area contributed by atoms with Crippen molar-refractivity contribution < 1.29 is 9.90 Å². The summed E-state index contributed by atoms with van der Waals surface area (Å²) in [5, 5.41) is 8.99. The van der Waals surface area contributed by atoms with Gasteiger partial charge in [-0.25, -0.2) is 4.79 Å². The van der Waals surface area contributed by atoms with Crippen molar-refractivity contribution in [1.82, 2.24) is 0 Å². The lowest BCUT2D eigenvalue weighted by Crippen LogP contribution is -2.12. The molecule has 0 aliphatic heterocycles. The predicted octanol–water partition coefficient (Wildman–Crippen LogP) is 3.77. The number of benzene rings is 2. The van der Waals surface area contributed by atoms with Crippen molar-refractivity contribution in [2.45, 2.75) is 13.8 Å². The van der Waals surface area contributed by atoms with Gasteiger partial charge in [-0.15, -0.1) is 0 Å². The fourth-order valence-electron chi connectivity index (χ4n) is 2.23. The molecule has 0 radical (unpaired) electrons. The van der Waals surface area contributed by atoms with E-state index in [2.05, 4.69) is 24.0 Å². The van der Waals surface area contributed by atoms with Crippen molar-refractivity contribution in [3.05, 3.63) is 59.2 Å². The Kier molecular flexibility index (Phi) is 3.56. The Balaban J connectivity index is 2.42. The Hall–Kier alpha value is -2.29. The molecule has 0 saturated heterocycles. The van der Waals surface area contributed by atoms with Crippen molar-refractivity contribution in [3.63, 3.8) is 0 Å². The van der Waals surface area contributed by atoms with Crippen LogP contribution in [0.2, 0.25) is 0 Å². The van der Waals surface area contributed by atoms with E-state index in [4.69, 9.17) is 5.11 Å². The fraction of sp³-hybridized carbons (Fsp3) is 0.188. The van der Waals surface area contributed by atoms with Crippen LogP contribution in [0.25, 0.3) is 0 Å². The van der Waals surface area contributed by atoms with Crippen LogP contribution in [0, 0.1) is 13.8 Å². The van der Waals surface area contributed by atoms with Crippen LogP contribution in [0.5, 0.6) is 0 Å². The number of aryl methyl sites for hydroxylation is 2. The summed E-state index contributed by atoms with van der Waals surface area (Å²) in [6.45, 7) is 3.99. The molecule has 0 bridgehead atoms. The summed E-state index contributed by atoms with van der Waals surface area (Å²) in [6, 6.07) is 13.3. The van der Waals surface area contributed by atoms with E-state index >= 15 is 0 Å². The van der Waals surface area contributed by atoms with E-state index in [1.165, 1.54) is 5.56 Å². The first-order chi connectivity index (χ1) is 9.00. The van der Waals surface area contributed by atoms with Crippen molar-refractivity contribution in [1.29, 1.82) is 0 Å². The van der Waals surface area contributed by atoms with Gasteiger partial charge in [-0.2, -0.15) is 0 Å². The van der Waals surface area contributed by atoms with Crippen molar-refractivity contribution in [3.8, 4) is 0 Å². The standard InChI is InChI=1S/C16H17NO2/c1-11-6-4-5-7-14(11)17(3)15-9-8-13(16(18)19)10-12(15)2/h4-10H,1-3H3,(H,18,19). The SMILES string of the molecule is Cc1ccccc1N(C)c1ccc(C(=O)O)cc1C. The highest BCUT2D eigenvalue weighted by Crippen LogP contribution is 2.29. The number of carbonyl (C=O) groups is 1. The van der Waals surface area contributed by atoms with E-state index < -0.39 is 5.97 Å². The number of rotatable bonds is 3. The van der Waals surface area contributed by atoms with E-state index in [9.17, 15) is 4.79 Å². The predicted molar refractivity (Wildman–Crippen MR) is 77.4 cm³/mol. The lowest BCUT2D eigenvalue weighted by Gasteiger charge is -2.23. The molecule has 0 atom stereocenters. The highest BCUT2D eigenvalue weighted by atomic mass is 16.4. The zero-order valence-corrected chi connectivity index (χ0v) is 11.3. The van der Waals surface area contributed by atoms with E-state index in [0.29, 0.717) is 5.56 Å². The summed E-state index contributed by atoms with van der Waals surface area (Å²) in [7, 11) is 1.99. The number of carboxylic acid groups (broad SMARTS) is 1. The van der Waals surface area contributed by atoms with Gasteiger partial charge in [0.1, 0.15) is 0 Å². The first-order valence-electron chi connectivity index (χ1n) is 6.14. The number of para-hydroxylation sites is 1. The van der Waals surface area contributed by atoms with Gasteiger partial charge in [-0.05, 0) is 49.2 Å². The van der Waals surface area contributed by atoms with Gasteiger partial charge in [-0.1, -0.05) is 18.2 Å². The van der Waals surface area contributed by atoms with Crippen LogP contribution in [0.4, 0.5) is 11.4 Å². The average molecular weight is 255 g/mol. The quantitative estimate of drug-likeness (QED) is 0.907. The average Bonchev–Trinajstić information content (AvgIpc) is 2.38. The maximum Gasteiger partial charge on any atom is 0.335 e. The number of carboxylic acids is 1. The number of aromatic carboxylic acids is 1. The molecule has 0 aromatic heterocycles. The summed E-state index contributed by atoms with van der Waals surface area (Å²) in [5.74, 6) is -0.895. The number of hydrogen-bond donors (Lipinski definition) is 1. The molecule has 0 unspecified atom stereocenters. The van der Waals surface area contributed by atoms with Gasteiger partial charge in [0.2, 0.25) is 0 Å². The lowest BCUT2D eigenvalue weighted by atomic mass is 10.1. The minimum absolute atomic E-state index is 0.319. The zero-order valence-electron chi connectivity index (χ0n) is 11.3. The lowest BCUT2D eigenvalue weighted by molar-refractivity contribution is 0.0697. The van der Waals surface area contributed by atoms with Crippen LogP contribution in [0.15, 0.2) is 42.5 Å². The number of hydrogen-bond acceptors (Lipinski definition) is 2. The first-order valence-corrected chi connectivity index (χ1v) is 6.14. The third-order valence-corrected chi connectivity index (χ3v) is 3.28. The normalized spacial score (nSPS) is 10.3. The monoisotopic (exact) mass is 255 g/mol. The molecule has 0 spiro atoms. The van der Waals surface area contributed by atoms with Crippen LogP contribution in [-0.2, 0) is 0 Å². The highest BCUT2D eigenvalue weighted by Gasteiger charge is 2.11. The second-order valence-corrected chi connectivity index (χ2v) is 4.65. The van der Waals surface area contributed by atoms with Crippen molar-refractivity contribution in [2.24, 2.45) is 0 Å². The summed E-state index contributed by atoms with van der Waals surface area (Å²) in [4.78, 5) is 13.0. The Morgan fingerprint density at radius 2 is 1.63 bits per heavy atom. The molecule has 0 amide bonds. The summed E-state index contributed by atoms with van der Waals surface area (Å²) >= 11 is 0. The second kappa shape index (κ2) is 5.14. The molecular formula is C16H17NO2. The summed E-state index contributed by atoms with van der Waals surface area (Å²) in [5.41, 5.74) is 4.59. The van der Waals surface area contributed by atoms with Gasteiger partial charge in [0.25, 0.3) is 0 Å². The molecular weight excluding hydrogens is 238 g/mol. The van der Waals surface area contributed by atoms with Crippen molar-refractivity contribution in [2.75, 3.05) is 11.9 Å². The van der Waals surface area contributed by atoms with E-state index in [1.807, 2.05) is 32.2 Å².